The van der Waals surface area contributed by atoms with Crippen LogP contribution in [0.5, 0.6) is 5.75 Å². The molecule has 0 saturated heterocycles. The molecule has 25 heavy (non-hydrogen) atoms. The molecule has 1 fully saturated rings. The van der Waals surface area contributed by atoms with E-state index in [0.717, 1.165) is 31.2 Å². The summed E-state index contributed by atoms with van der Waals surface area (Å²) in [6, 6.07) is 15.3. The van der Waals surface area contributed by atoms with Gasteiger partial charge in [-0.3, -0.25) is 4.79 Å². The number of rotatable bonds is 5. The van der Waals surface area contributed by atoms with E-state index < -0.39 is 0 Å². The molecule has 0 aromatic heterocycles. The summed E-state index contributed by atoms with van der Waals surface area (Å²) < 4.78 is 5.79. The van der Waals surface area contributed by atoms with Crippen LogP contribution in [0, 0.1) is 0 Å². The largest absolute Gasteiger partial charge is 0.489 e. The van der Waals surface area contributed by atoms with E-state index in [9.17, 15) is 4.79 Å². The number of nitrogens with one attached hydrogen (secondary N) is 1. The molecule has 0 atom stereocenters. The quantitative estimate of drug-likeness (QED) is 0.851. The number of amides is 1. The maximum atomic E-state index is 12.4. The molecular formula is C20H23ClN2O2. The Kier molecular flexibility index (Phi) is 5.95. The van der Waals surface area contributed by atoms with Gasteiger partial charge >= 0.3 is 0 Å². The van der Waals surface area contributed by atoms with Gasteiger partial charge < -0.3 is 15.8 Å². The first-order valence-electron chi connectivity index (χ1n) is 8.64. The molecule has 0 aliphatic heterocycles. The average Bonchev–Trinajstić information content (AvgIpc) is 2.63. The van der Waals surface area contributed by atoms with Crippen molar-refractivity contribution in [2.75, 3.05) is 0 Å². The van der Waals surface area contributed by atoms with E-state index in [1.165, 1.54) is 0 Å². The summed E-state index contributed by atoms with van der Waals surface area (Å²) in [6.45, 7) is 0.433. The van der Waals surface area contributed by atoms with E-state index in [1.54, 1.807) is 12.1 Å². The van der Waals surface area contributed by atoms with Gasteiger partial charge in [-0.15, -0.1) is 0 Å². The van der Waals surface area contributed by atoms with Crippen LogP contribution in [0.4, 0.5) is 0 Å². The number of hydrogen-bond donors (Lipinski definition) is 2. The monoisotopic (exact) mass is 358 g/mol. The molecule has 3 N–H and O–H groups in total. The molecule has 3 rings (SSSR count). The van der Waals surface area contributed by atoms with Gasteiger partial charge in [0.1, 0.15) is 12.4 Å². The number of hydrogen-bond acceptors (Lipinski definition) is 3. The lowest BCUT2D eigenvalue weighted by molar-refractivity contribution is 0.0925. The second kappa shape index (κ2) is 8.37. The third-order valence-corrected chi connectivity index (χ3v) is 4.77. The molecule has 2 aromatic rings. The number of benzene rings is 2. The SMILES string of the molecule is NC1CCC(NC(=O)c2cccc(OCc3ccc(Cl)cc3)c2)CC1. The van der Waals surface area contributed by atoms with Gasteiger partial charge in [0.15, 0.2) is 0 Å². The van der Waals surface area contributed by atoms with Crippen molar-refractivity contribution >= 4 is 17.5 Å². The normalized spacial score (nSPS) is 20.1. The highest BCUT2D eigenvalue weighted by Crippen LogP contribution is 2.19. The topological polar surface area (TPSA) is 64.3 Å². The molecule has 0 spiro atoms. The lowest BCUT2D eigenvalue weighted by Crippen LogP contribution is -2.40. The Morgan fingerprint density at radius 3 is 2.56 bits per heavy atom. The Bertz CT molecular complexity index is 710. The molecule has 132 valence electrons. The Morgan fingerprint density at radius 2 is 1.84 bits per heavy atom. The van der Waals surface area contributed by atoms with Crippen molar-refractivity contribution in [2.45, 2.75) is 44.4 Å². The number of carbonyl (C=O) groups excluding carboxylic acids is 1. The zero-order valence-corrected chi connectivity index (χ0v) is 14.8. The second-order valence-electron chi connectivity index (χ2n) is 6.53. The van der Waals surface area contributed by atoms with Gasteiger partial charge in [-0.2, -0.15) is 0 Å². The summed E-state index contributed by atoms with van der Waals surface area (Å²) in [5.41, 5.74) is 7.55. The molecule has 1 aliphatic rings. The first kappa shape index (κ1) is 17.8. The minimum absolute atomic E-state index is 0.0579. The van der Waals surface area contributed by atoms with Crippen LogP contribution in [0.2, 0.25) is 5.02 Å². The van der Waals surface area contributed by atoms with Crippen molar-refractivity contribution in [3.8, 4) is 5.75 Å². The molecule has 0 radical (unpaired) electrons. The zero-order chi connectivity index (χ0) is 17.6. The van der Waals surface area contributed by atoms with E-state index in [-0.39, 0.29) is 18.0 Å². The summed E-state index contributed by atoms with van der Waals surface area (Å²) in [4.78, 5) is 12.4. The van der Waals surface area contributed by atoms with Gasteiger partial charge in [0, 0.05) is 22.7 Å². The molecule has 4 nitrogen and oxygen atoms in total. The summed E-state index contributed by atoms with van der Waals surface area (Å²) >= 11 is 5.88. The summed E-state index contributed by atoms with van der Waals surface area (Å²) in [6.07, 6.45) is 3.82. The van der Waals surface area contributed by atoms with E-state index in [0.29, 0.717) is 22.9 Å². The molecule has 0 unspecified atom stereocenters. The van der Waals surface area contributed by atoms with E-state index in [2.05, 4.69) is 5.32 Å². The van der Waals surface area contributed by atoms with Crippen LogP contribution in [-0.2, 0) is 6.61 Å². The predicted molar refractivity (Wildman–Crippen MR) is 99.9 cm³/mol. The van der Waals surface area contributed by atoms with Crippen LogP contribution in [0.25, 0.3) is 0 Å². The van der Waals surface area contributed by atoms with Crippen molar-refractivity contribution in [3.63, 3.8) is 0 Å². The standard InChI is InChI=1S/C20H23ClN2O2/c21-16-6-4-14(5-7-16)13-25-19-3-1-2-15(12-19)20(24)23-18-10-8-17(22)9-11-18/h1-7,12,17-18H,8-11,13,22H2,(H,23,24). The Hall–Kier alpha value is -2.04. The fraction of sp³-hybridized carbons (Fsp3) is 0.350. The number of nitrogens with two attached hydrogens (primary N) is 1. The molecule has 0 heterocycles. The molecule has 1 aliphatic carbocycles. The minimum Gasteiger partial charge on any atom is -0.489 e. The Morgan fingerprint density at radius 1 is 1.12 bits per heavy atom. The predicted octanol–water partition coefficient (Wildman–Crippen LogP) is 3.92. The van der Waals surface area contributed by atoms with Gasteiger partial charge in [0.2, 0.25) is 0 Å². The fourth-order valence-electron chi connectivity index (χ4n) is 3.01. The first-order chi connectivity index (χ1) is 12.1. The minimum atomic E-state index is -0.0579. The maximum Gasteiger partial charge on any atom is 0.251 e. The van der Waals surface area contributed by atoms with E-state index in [4.69, 9.17) is 22.1 Å². The van der Waals surface area contributed by atoms with E-state index in [1.807, 2.05) is 36.4 Å². The highest BCUT2D eigenvalue weighted by Gasteiger charge is 2.20. The van der Waals surface area contributed by atoms with Crippen LogP contribution < -0.4 is 15.8 Å². The van der Waals surface area contributed by atoms with Crippen molar-refractivity contribution in [3.05, 3.63) is 64.7 Å². The summed E-state index contributed by atoms with van der Waals surface area (Å²) in [7, 11) is 0. The summed E-state index contributed by atoms with van der Waals surface area (Å²) in [5.74, 6) is 0.616. The van der Waals surface area contributed by atoms with Crippen LogP contribution >= 0.6 is 11.6 Å². The lowest BCUT2D eigenvalue weighted by atomic mass is 9.91. The Balaban J connectivity index is 1.56. The van der Waals surface area contributed by atoms with Crippen LogP contribution in [0.3, 0.4) is 0 Å². The van der Waals surface area contributed by atoms with Gasteiger partial charge in [0.05, 0.1) is 0 Å². The zero-order valence-electron chi connectivity index (χ0n) is 14.1. The molecule has 2 aromatic carbocycles. The van der Waals surface area contributed by atoms with Gasteiger partial charge in [-0.25, -0.2) is 0 Å². The van der Waals surface area contributed by atoms with Crippen molar-refractivity contribution in [1.82, 2.24) is 5.32 Å². The van der Waals surface area contributed by atoms with Gasteiger partial charge in [-0.05, 0) is 61.6 Å². The first-order valence-corrected chi connectivity index (χ1v) is 9.02. The third kappa shape index (κ3) is 5.21. The highest BCUT2D eigenvalue weighted by molar-refractivity contribution is 6.30. The smallest absolute Gasteiger partial charge is 0.251 e. The van der Waals surface area contributed by atoms with Crippen molar-refractivity contribution in [2.24, 2.45) is 5.73 Å². The average molecular weight is 359 g/mol. The second-order valence-corrected chi connectivity index (χ2v) is 6.96. The number of carbonyl (C=O) groups is 1. The highest BCUT2D eigenvalue weighted by atomic mass is 35.5. The van der Waals surface area contributed by atoms with Crippen molar-refractivity contribution < 1.29 is 9.53 Å². The van der Waals surface area contributed by atoms with Crippen LogP contribution in [0.15, 0.2) is 48.5 Å². The summed E-state index contributed by atoms with van der Waals surface area (Å²) in [5, 5.41) is 3.80. The lowest BCUT2D eigenvalue weighted by Gasteiger charge is -2.26. The number of halogens is 1. The van der Waals surface area contributed by atoms with Crippen molar-refractivity contribution in [1.29, 1.82) is 0 Å². The maximum absolute atomic E-state index is 12.4. The molecule has 0 bridgehead atoms. The molecule has 1 amide bonds. The van der Waals surface area contributed by atoms with Gasteiger partial charge in [-0.1, -0.05) is 29.8 Å². The van der Waals surface area contributed by atoms with Gasteiger partial charge in [0.25, 0.3) is 5.91 Å². The van der Waals surface area contributed by atoms with Crippen LogP contribution in [-0.4, -0.2) is 18.0 Å². The third-order valence-electron chi connectivity index (χ3n) is 4.52. The number of ether oxygens (including phenoxy) is 1. The molecule has 5 heteroatoms. The van der Waals surface area contributed by atoms with E-state index >= 15 is 0 Å². The fourth-order valence-corrected chi connectivity index (χ4v) is 3.13. The Labute approximate surface area is 153 Å². The molecule has 1 saturated carbocycles. The molecular weight excluding hydrogens is 336 g/mol. The van der Waals surface area contributed by atoms with Crippen LogP contribution in [0.1, 0.15) is 41.6 Å².